The summed E-state index contributed by atoms with van der Waals surface area (Å²) in [5.74, 6) is 0.743. The van der Waals surface area contributed by atoms with Gasteiger partial charge in [-0.2, -0.15) is 0 Å². The van der Waals surface area contributed by atoms with Crippen LogP contribution in [0.25, 0.3) is 11.3 Å². The molecule has 0 aliphatic rings. The predicted octanol–water partition coefficient (Wildman–Crippen LogP) is 4.11. The molecule has 0 atom stereocenters. The molecule has 10 heteroatoms. The fourth-order valence-electron chi connectivity index (χ4n) is 2.74. The summed E-state index contributed by atoms with van der Waals surface area (Å²) in [5.41, 5.74) is 2.49. The lowest BCUT2D eigenvalue weighted by Gasteiger charge is -2.10. The Labute approximate surface area is 183 Å². The highest BCUT2D eigenvalue weighted by atomic mass is 32.2. The van der Waals surface area contributed by atoms with E-state index in [1.807, 2.05) is 37.3 Å². The third-order valence-corrected chi connectivity index (χ3v) is 5.07. The van der Waals surface area contributed by atoms with Crippen LogP contribution in [0.5, 0.6) is 11.5 Å². The number of non-ortho nitro benzene ring substituents is 1. The maximum Gasteiger partial charge on any atom is 0.271 e. The Hall–Kier alpha value is -3.66. The molecule has 160 valence electrons. The Morgan fingerprint density at radius 2 is 1.84 bits per heavy atom. The molecule has 1 N–H and O–H groups in total. The van der Waals surface area contributed by atoms with Gasteiger partial charge in [0.15, 0.2) is 5.16 Å². The molecule has 0 radical (unpaired) electrons. The summed E-state index contributed by atoms with van der Waals surface area (Å²) in [6.07, 6.45) is 0. The number of nitrogens with zero attached hydrogens (tertiary/aromatic N) is 3. The van der Waals surface area contributed by atoms with Crippen molar-refractivity contribution in [3.63, 3.8) is 0 Å². The monoisotopic (exact) mass is 440 g/mol. The number of anilines is 1. The Bertz CT molecular complexity index is 1110. The van der Waals surface area contributed by atoms with E-state index in [0.29, 0.717) is 10.9 Å². The molecular weight excluding hydrogens is 420 g/mol. The number of aryl methyl sites for hydroxylation is 1. The Morgan fingerprint density at radius 3 is 2.48 bits per heavy atom. The van der Waals surface area contributed by atoms with E-state index in [1.165, 1.54) is 37.1 Å². The minimum absolute atomic E-state index is 0.0252. The molecule has 3 rings (SSSR count). The number of benzene rings is 2. The molecule has 2 aromatic carbocycles. The zero-order valence-electron chi connectivity index (χ0n) is 17.1. The van der Waals surface area contributed by atoms with E-state index in [4.69, 9.17) is 9.47 Å². The summed E-state index contributed by atoms with van der Waals surface area (Å²) in [7, 11) is 3.03. The molecule has 0 aliphatic heterocycles. The van der Waals surface area contributed by atoms with Crippen molar-refractivity contribution < 1.29 is 19.2 Å². The topological polar surface area (TPSA) is 116 Å². The van der Waals surface area contributed by atoms with E-state index < -0.39 is 4.92 Å². The summed E-state index contributed by atoms with van der Waals surface area (Å²) in [6, 6.07) is 13.4. The lowest BCUT2D eigenvalue weighted by atomic mass is 10.1. The molecule has 0 spiro atoms. The lowest BCUT2D eigenvalue weighted by Crippen LogP contribution is -2.15. The maximum absolute atomic E-state index is 12.4. The predicted molar refractivity (Wildman–Crippen MR) is 118 cm³/mol. The van der Waals surface area contributed by atoms with E-state index in [2.05, 4.69) is 15.3 Å². The molecule has 0 unspecified atom stereocenters. The van der Waals surface area contributed by atoms with Crippen LogP contribution >= 0.6 is 11.8 Å². The van der Waals surface area contributed by atoms with Crippen molar-refractivity contribution in [1.82, 2.24) is 9.97 Å². The van der Waals surface area contributed by atoms with Gasteiger partial charge in [0.05, 0.1) is 36.3 Å². The van der Waals surface area contributed by atoms with Crippen molar-refractivity contribution in [3.8, 4) is 22.8 Å². The molecular formula is C21H20N4O5S. The van der Waals surface area contributed by atoms with Crippen molar-refractivity contribution in [2.45, 2.75) is 12.1 Å². The summed E-state index contributed by atoms with van der Waals surface area (Å²) >= 11 is 1.17. The summed E-state index contributed by atoms with van der Waals surface area (Å²) in [6.45, 7) is 1.85. The van der Waals surface area contributed by atoms with Gasteiger partial charge in [-0.05, 0) is 43.3 Å². The van der Waals surface area contributed by atoms with Gasteiger partial charge in [-0.15, -0.1) is 0 Å². The number of nitrogens with one attached hydrogen (secondary N) is 1. The van der Waals surface area contributed by atoms with Gasteiger partial charge in [-0.1, -0.05) is 11.8 Å². The van der Waals surface area contributed by atoms with Crippen LogP contribution in [-0.2, 0) is 4.79 Å². The third-order valence-electron chi connectivity index (χ3n) is 4.22. The van der Waals surface area contributed by atoms with Gasteiger partial charge in [0.1, 0.15) is 11.5 Å². The molecule has 0 fully saturated rings. The van der Waals surface area contributed by atoms with Crippen molar-refractivity contribution in [2.24, 2.45) is 0 Å². The van der Waals surface area contributed by atoms with Crippen molar-refractivity contribution >= 4 is 29.0 Å². The van der Waals surface area contributed by atoms with E-state index in [0.717, 1.165) is 22.7 Å². The fourth-order valence-corrected chi connectivity index (χ4v) is 3.44. The summed E-state index contributed by atoms with van der Waals surface area (Å²) in [5, 5.41) is 14.1. The number of carbonyl (C=O) groups excluding carboxylic acids is 1. The number of amides is 1. The molecule has 1 aromatic heterocycles. The highest BCUT2D eigenvalue weighted by Crippen LogP contribution is 2.29. The molecule has 1 heterocycles. The molecule has 31 heavy (non-hydrogen) atoms. The normalized spacial score (nSPS) is 10.4. The van der Waals surface area contributed by atoms with Crippen LogP contribution in [0.15, 0.2) is 53.7 Å². The highest BCUT2D eigenvalue weighted by molar-refractivity contribution is 7.99. The zero-order valence-corrected chi connectivity index (χ0v) is 17.9. The smallest absolute Gasteiger partial charge is 0.271 e. The quantitative estimate of drug-likeness (QED) is 0.241. The van der Waals surface area contributed by atoms with Gasteiger partial charge in [-0.25, -0.2) is 9.97 Å². The SMILES string of the molecule is COc1ccc(-c2cc(C)nc(SCC(=O)Nc3cc([N+](=O)[O-])ccc3OC)n2)cc1. The number of hydrogen-bond donors (Lipinski definition) is 1. The summed E-state index contributed by atoms with van der Waals surface area (Å²) < 4.78 is 10.3. The minimum Gasteiger partial charge on any atom is -0.497 e. The second kappa shape index (κ2) is 9.90. The molecule has 3 aromatic rings. The Balaban J connectivity index is 1.71. The van der Waals surface area contributed by atoms with Crippen molar-refractivity contribution in [3.05, 3.63) is 64.3 Å². The van der Waals surface area contributed by atoms with Crippen LogP contribution in [-0.4, -0.2) is 40.8 Å². The van der Waals surface area contributed by atoms with Crippen LogP contribution in [0, 0.1) is 17.0 Å². The number of thioether (sulfide) groups is 1. The molecule has 9 nitrogen and oxygen atoms in total. The third kappa shape index (κ3) is 5.70. The van der Waals surface area contributed by atoms with Gasteiger partial charge >= 0.3 is 0 Å². The van der Waals surface area contributed by atoms with Crippen molar-refractivity contribution in [2.75, 3.05) is 25.3 Å². The number of nitro groups is 1. The summed E-state index contributed by atoms with van der Waals surface area (Å²) in [4.78, 5) is 31.8. The van der Waals surface area contributed by atoms with E-state index in [-0.39, 0.29) is 23.0 Å². The minimum atomic E-state index is -0.537. The van der Waals surface area contributed by atoms with Gasteiger partial charge in [-0.3, -0.25) is 14.9 Å². The second-order valence-corrected chi connectivity index (χ2v) is 7.33. The first kappa shape index (κ1) is 22.0. The first-order valence-electron chi connectivity index (χ1n) is 9.15. The van der Waals surface area contributed by atoms with Crippen LogP contribution in [0.3, 0.4) is 0 Å². The second-order valence-electron chi connectivity index (χ2n) is 6.38. The number of ether oxygens (including phenoxy) is 2. The van der Waals surface area contributed by atoms with Gasteiger partial charge in [0.25, 0.3) is 5.69 Å². The maximum atomic E-state index is 12.4. The van der Waals surface area contributed by atoms with Crippen LogP contribution in [0.4, 0.5) is 11.4 Å². The number of carbonyl (C=O) groups is 1. The molecule has 0 saturated heterocycles. The lowest BCUT2D eigenvalue weighted by molar-refractivity contribution is -0.384. The number of hydrogen-bond acceptors (Lipinski definition) is 8. The van der Waals surface area contributed by atoms with Crippen LogP contribution < -0.4 is 14.8 Å². The first-order valence-corrected chi connectivity index (χ1v) is 10.1. The van der Waals surface area contributed by atoms with Gasteiger partial charge in [0, 0.05) is 23.4 Å². The van der Waals surface area contributed by atoms with E-state index in [9.17, 15) is 14.9 Å². The largest absolute Gasteiger partial charge is 0.497 e. The molecule has 0 aliphatic carbocycles. The number of aromatic nitrogens is 2. The zero-order chi connectivity index (χ0) is 22.4. The average Bonchev–Trinajstić information content (AvgIpc) is 2.77. The van der Waals surface area contributed by atoms with Gasteiger partial charge in [0.2, 0.25) is 5.91 Å². The number of methoxy groups -OCH3 is 2. The number of nitro benzene ring substituents is 1. The van der Waals surface area contributed by atoms with Crippen molar-refractivity contribution in [1.29, 1.82) is 0 Å². The molecule has 0 saturated carbocycles. The highest BCUT2D eigenvalue weighted by Gasteiger charge is 2.15. The Morgan fingerprint density at radius 1 is 1.10 bits per heavy atom. The Kier molecular flexibility index (Phi) is 7.03. The molecule has 0 bridgehead atoms. The first-order chi connectivity index (χ1) is 14.9. The fraction of sp³-hybridized carbons (Fsp3) is 0.190. The van der Waals surface area contributed by atoms with Crippen LogP contribution in [0.1, 0.15) is 5.69 Å². The van der Waals surface area contributed by atoms with E-state index >= 15 is 0 Å². The van der Waals surface area contributed by atoms with Gasteiger partial charge < -0.3 is 14.8 Å². The average molecular weight is 440 g/mol. The number of rotatable bonds is 8. The standard InChI is InChI=1S/C21H20N4O5S/c1-13-10-17(14-4-7-16(29-2)8-5-14)24-21(22-13)31-12-20(26)23-18-11-15(25(27)28)6-9-19(18)30-3/h4-11H,12H2,1-3H3,(H,23,26). The van der Waals surface area contributed by atoms with Crippen LogP contribution in [0.2, 0.25) is 0 Å². The van der Waals surface area contributed by atoms with E-state index in [1.54, 1.807) is 7.11 Å². The molecule has 1 amide bonds.